The van der Waals surface area contributed by atoms with Crippen molar-refractivity contribution in [3.8, 4) is 11.1 Å². The Morgan fingerprint density at radius 2 is 1.62 bits per heavy atom. The number of hydrogen-bond acceptors (Lipinski definition) is 3. The number of anilines is 1. The first-order chi connectivity index (χ1) is 15.4. The van der Waals surface area contributed by atoms with Gasteiger partial charge in [-0.25, -0.2) is 0 Å². The number of ether oxygens (including phenoxy) is 1. The largest absolute Gasteiger partial charge is 0.416 e. The van der Waals surface area contributed by atoms with Crippen LogP contribution in [0.4, 0.5) is 18.9 Å². The molecule has 32 heavy (non-hydrogen) atoms. The molecule has 0 aliphatic carbocycles. The lowest BCUT2D eigenvalue weighted by Gasteiger charge is -2.38. The summed E-state index contributed by atoms with van der Waals surface area (Å²) < 4.78 is 46.8. The molecule has 1 fully saturated rings. The fraction of sp³-hybridized carbons (Fsp3) is 0.308. The lowest BCUT2D eigenvalue weighted by atomic mass is 9.74. The molecule has 4 rings (SSSR count). The van der Waals surface area contributed by atoms with Crippen LogP contribution in [0, 0.1) is 0 Å². The molecule has 0 aromatic heterocycles. The minimum absolute atomic E-state index is 0.112. The van der Waals surface area contributed by atoms with E-state index < -0.39 is 11.7 Å². The molecule has 168 valence electrons. The van der Waals surface area contributed by atoms with Gasteiger partial charge in [-0.2, -0.15) is 13.2 Å². The van der Waals surface area contributed by atoms with Crippen LogP contribution in [0.2, 0.25) is 0 Å². The monoisotopic (exact) mass is 440 g/mol. The van der Waals surface area contributed by atoms with Crippen LogP contribution in [0.25, 0.3) is 11.1 Å². The van der Waals surface area contributed by atoms with Gasteiger partial charge in [0.25, 0.3) is 0 Å². The van der Waals surface area contributed by atoms with Crippen molar-refractivity contribution in [2.75, 3.05) is 25.4 Å². The summed E-state index contributed by atoms with van der Waals surface area (Å²) in [6.45, 7) is 2.35. The Morgan fingerprint density at radius 3 is 2.31 bits per heavy atom. The molecule has 0 unspecified atom stereocenters. The molecule has 1 heterocycles. The highest BCUT2D eigenvalue weighted by Gasteiger charge is 2.34. The Hall–Kier alpha value is -2.83. The molecule has 0 spiro atoms. The Kier molecular flexibility index (Phi) is 6.53. The van der Waals surface area contributed by atoms with Gasteiger partial charge >= 0.3 is 6.18 Å². The standard InChI is InChI=1S/C26H27F3N2O/c27-26(28,29)23-14-19(13-21(15-23)20-5-4-8-24(30)16-20)17-32-18-25(9-11-31-12-10-25)22-6-2-1-3-7-22/h1-8,13-16,31H,9-12,17-18,30H2. The van der Waals surface area contributed by atoms with Crippen molar-refractivity contribution in [3.63, 3.8) is 0 Å². The summed E-state index contributed by atoms with van der Waals surface area (Å²) in [7, 11) is 0. The second kappa shape index (κ2) is 9.35. The number of rotatable bonds is 6. The number of alkyl halides is 3. The maximum absolute atomic E-state index is 13.6. The summed E-state index contributed by atoms with van der Waals surface area (Å²) in [6.07, 6.45) is -2.59. The molecule has 0 saturated carbocycles. The van der Waals surface area contributed by atoms with Crippen molar-refractivity contribution >= 4 is 5.69 Å². The predicted molar refractivity (Wildman–Crippen MR) is 121 cm³/mol. The highest BCUT2D eigenvalue weighted by molar-refractivity contribution is 5.68. The number of piperidine rings is 1. The summed E-state index contributed by atoms with van der Waals surface area (Å²) in [4.78, 5) is 0. The minimum Gasteiger partial charge on any atom is -0.399 e. The highest BCUT2D eigenvalue weighted by atomic mass is 19.4. The minimum atomic E-state index is -4.44. The SMILES string of the molecule is Nc1cccc(-c2cc(COCC3(c4ccccc4)CCNCC3)cc(C(F)(F)F)c2)c1. The second-order valence-corrected chi connectivity index (χ2v) is 8.43. The first-order valence-electron chi connectivity index (χ1n) is 10.8. The molecular weight excluding hydrogens is 413 g/mol. The van der Waals surface area contributed by atoms with Crippen LogP contribution in [0.5, 0.6) is 0 Å². The van der Waals surface area contributed by atoms with E-state index in [9.17, 15) is 13.2 Å². The zero-order valence-corrected chi connectivity index (χ0v) is 17.8. The van der Waals surface area contributed by atoms with Gasteiger partial charge in [0, 0.05) is 11.1 Å². The lowest BCUT2D eigenvalue weighted by Crippen LogP contribution is -2.43. The second-order valence-electron chi connectivity index (χ2n) is 8.43. The average molecular weight is 441 g/mol. The van der Waals surface area contributed by atoms with Gasteiger partial charge in [0.1, 0.15) is 0 Å². The molecular formula is C26H27F3N2O. The Bertz CT molecular complexity index is 1040. The zero-order valence-electron chi connectivity index (χ0n) is 17.8. The Labute approximate surface area is 186 Å². The normalized spacial score (nSPS) is 16.1. The number of nitrogens with two attached hydrogens (primary N) is 1. The lowest BCUT2D eigenvalue weighted by molar-refractivity contribution is -0.137. The fourth-order valence-electron chi connectivity index (χ4n) is 4.40. The van der Waals surface area contributed by atoms with E-state index in [-0.39, 0.29) is 12.0 Å². The van der Waals surface area contributed by atoms with E-state index in [4.69, 9.17) is 10.5 Å². The molecule has 3 aromatic rings. The molecule has 0 amide bonds. The van der Waals surface area contributed by atoms with Crippen LogP contribution >= 0.6 is 0 Å². The van der Waals surface area contributed by atoms with Crippen LogP contribution in [-0.4, -0.2) is 19.7 Å². The third-order valence-corrected chi connectivity index (χ3v) is 6.13. The maximum atomic E-state index is 13.6. The molecule has 1 aliphatic rings. The van der Waals surface area contributed by atoms with Gasteiger partial charge in [-0.1, -0.05) is 42.5 Å². The van der Waals surface area contributed by atoms with Crippen LogP contribution in [-0.2, 0) is 22.9 Å². The third kappa shape index (κ3) is 5.14. The van der Waals surface area contributed by atoms with Gasteiger partial charge < -0.3 is 15.8 Å². The van der Waals surface area contributed by atoms with Crippen LogP contribution in [0.1, 0.15) is 29.5 Å². The first kappa shape index (κ1) is 22.4. The molecule has 3 N–H and O–H groups in total. The number of nitrogens with one attached hydrogen (secondary N) is 1. The summed E-state index contributed by atoms with van der Waals surface area (Å²) in [5.74, 6) is 0. The van der Waals surface area contributed by atoms with Crippen molar-refractivity contribution in [1.29, 1.82) is 0 Å². The van der Waals surface area contributed by atoms with Crippen molar-refractivity contribution in [2.24, 2.45) is 0 Å². The number of benzene rings is 3. The molecule has 0 radical (unpaired) electrons. The number of halogens is 3. The van der Waals surface area contributed by atoms with Crippen LogP contribution in [0.3, 0.4) is 0 Å². The summed E-state index contributed by atoms with van der Waals surface area (Å²) in [5, 5.41) is 3.38. The van der Waals surface area contributed by atoms with E-state index in [1.807, 2.05) is 18.2 Å². The van der Waals surface area contributed by atoms with Gasteiger partial charge in [-0.3, -0.25) is 0 Å². The third-order valence-electron chi connectivity index (χ3n) is 6.13. The van der Waals surface area contributed by atoms with E-state index in [1.54, 1.807) is 30.3 Å². The van der Waals surface area contributed by atoms with Crippen molar-refractivity contribution in [2.45, 2.75) is 31.0 Å². The van der Waals surface area contributed by atoms with Gasteiger partial charge in [0.2, 0.25) is 0 Å². The predicted octanol–water partition coefficient (Wildman–Crippen LogP) is 5.79. The number of nitrogen functional groups attached to an aromatic ring is 1. The van der Waals surface area contributed by atoms with Crippen LogP contribution < -0.4 is 11.1 Å². The molecule has 3 nitrogen and oxygen atoms in total. The topological polar surface area (TPSA) is 47.3 Å². The number of hydrogen-bond donors (Lipinski definition) is 2. The van der Waals surface area contributed by atoms with E-state index in [1.165, 1.54) is 11.6 Å². The molecule has 6 heteroatoms. The van der Waals surface area contributed by atoms with E-state index >= 15 is 0 Å². The highest BCUT2D eigenvalue weighted by Crippen LogP contribution is 2.36. The van der Waals surface area contributed by atoms with E-state index in [0.717, 1.165) is 32.0 Å². The first-order valence-corrected chi connectivity index (χ1v) is 10.8. The van der Waals surface area contributed by atoms with Gasteiger partial charge in [0.05, 0.1) is 18.8 Å². The molecule has 1 aliphatic heterocycles. The molecule has 0 bridgehead atoms. The summed E-state index contributed by atoms with van der Waals surface area (Å²) >= 11 is 0. The smallest absolute Gasteiger partial charge is 0.399 e. The van der Waals surface area contributed by atoms with Gasteiger partial charge in [-0.15, -0.1) is 0 Å². The fourth-order valence-corrected chi connectivity index (χ4v) is 4.40. The quantitative estimate of drug-likeness (QED) is 0.477. The molecule has 1 saturated heterocycles. The van der Waals surface area contributed by atoms with Crippen LogP contribution in [0.15, 0.2) is 72.8 Å². The molecule has 3 aromatic carbocycles. The van der Waals surface area contributed by atoms with Gasteiger partial charge in [-0.05, 0) is 78.5 Å². The average Bonchev–Trinajstić information content (AvgIpc) is 2.79. The Balaban J connectivity index is 1.57. The van der Waals surface area contributed by atoms with E-state index in [0.29, 0.717) is 29.0 Å². The Morgan fingerprint density at radius 1 is 0.875 bits per heavy atom. The molecule has 0 atom stereocenters. The van der Waals surface area contributed by atoms with Crippen molar-refractivity contribution < 1.29 is 17.9 Å². The van der Waals surface area contributed by atoms with E-state index in [2.05, 4.69) is 17.4 Å². The van der Waals surface area contributed by atoms with Crippen molar-refractivity contribution in [3.05, 3.63) is 89.5 Å². The zero-order chi connectivity index (χ0) is 22.6. The summed E-state index contributed by atoms with van der Waals surface area (Å²) in [6, 6.07) is 21.2. The van der Waals surface area contributed by atoms with Gasteiger partial charge in [0.15, 0.2) is 0 Å². The summed E-state index contributed by atoms with van der Waals surface area (Å²) in [5.41, 5.74) is 8.36. The van der Waals surface area contributed by atoms with Crippen molar-refractivity contribution in [1.82, 2.24) is 5.32 Å². The maximum Gasteiger partial charge on any atom is 0.416 e.